The molecule has 0 radical (unpaired) electrons. The third kappa shape index (κ3) is 5.44. The van der Waals surface area contributed by atoms with Gasteiger partial charge in [-0.2, -0.15) is 0 Å². The van der Waals surface area contributed by atoms with Crippen molar-refractivity contribution in [1.29, 1.82) is 0 Å². The number of benzene rings is 2. The highest BCUT2D eigenvalue weighted by Crippen LogP contribution is 2.18. The van der Waals surface area contributed by atoms with Gasteiger partial charge in [-0.05, 0) is 42.8 Å². The van der Waals surface area contributed by atoms with Crippen molar-refractivity contribution in [2.45, 2.75) is 18.9 Å². The SMILES string of the molecule is NC(CCC(=O)Nc1ccc(Nc2ccccc2)cc1)C(=O)O. The topological polar surface area (TPSA) is 104 Å². The second-order valence-corrected chi connectivity index (χ2v) is 5.10. The standard InChI is InChI=1S/C17H19N3O3/c18-15(17(22)23)10-11-16(21)20-14-8-6-13(7-9-14)19-12-4-2-1-3-5-12/h1-9,15,19H,10-11,18H2,(H,20,21)(H,22,23). The van der Waals surface area contributed by atoms with Crippen molar-refractivity contribution in [3.05, 3.63) is 54.6 Å². The molecule has 5 N–H and O–H groups in total. The summed E-state index contributed by atoms with van der Waals surface area (Å²) in [5, 5.41) is 14.6. The number of aliphatic carboxylic acids is 1. The molecule has 0 aromatic heterocycles. The fourth-order valence-corrected chi connectivity index (χ4v) is 1.96. The molecule has 1 amide bonds. The van der Waals surface area contributed by atoms with E-state index in [4.69, 9.17) is 10.8 Å². The number of carbonyl (C=O) groups excluding carboxylic acids is 1. The molecular weight excluding hydrogens is 294 g/mol. The number of hydrogen-bond donors (Lipinski definition) is 4. The van der Waals surface area contributed by atoms with Gasteiger partial charge >= 0.3 is 5.97 Å². The monoisotopic (exact) mass is 313 g/mol. The number of amides is 1. The number of carboxylic acids is 1. The molecule has 2 aromatic rings. The number of hydrogen-bond acceptors (Lipinski definition) is 4. The van der Waals surface area contributed by atoms with Gasteiger partial charge in [0.1, 0.15) is 6.04 Å². The lowest BCUT2D eigenvalue weighted by molar-refractivity contribution is -0.138. The maximum Gasteiger partial charge on any atom is 0.320 e. The minimum Gasteiger partial charge on any atom is -0.480 e. The molecule has 0 spiro atoms. The van der Waals surface area contributed by atoms with Crippen LogP contribution in [0.5, 0.6) is 0 Å². The van der Waals surface area contributed by atoms with Gasteiger partial charge in [-0.3, -0.25) is 9.59 Å². The average Bonchev–Trinajstić information content (AvgIpc) is 2.55. The van der Waals surface area contributed by atoms with E-state index in [9.17, 15) is 9.59 Å². The maximum absolute atomic E-state index is 11.7. The van der Waals surface area contributed by atoms with E-state index in [1.165, 1.54) is 0 Å². The molecule has 6 heteroatoms. The molecule has 1 unspecified atom stereocenters. The van der Waals surface area contributed by atoms with Crippen LogP contribution < -0.4 is 16.4 Å². The van der Waals surface area contributed by atoms with Gasteiger partial charge in [-0.25, -0.2) is 0 Å². The molecule has 0 saturated heterocycles. The first-order valence-corrected chi connectivity index (χ1v) is 7.25. The van der Waals surface area contributed by atoms with E-state index in [1.54, 1.807) is 12.1 Å². The average molecular weight is 313 g/mol. The largest absolute Gasteiger partial charge is 0.480 e. The zero-order valence-electron chi connectivity index (χ0n) is 12.5. The lowest BCUT2D eigenvalue weighted by atomic mass is 10.1. The Kier molecular flexibility index (Phi) is 5.71. The van der Waals surface area contributed by atoms with Crippen molar-refractivity contribution in [2.24, 2.45) is 5.73 Å². The summed E-state index contributed by atoms with van der Waals surface area (Å²) >= 11 is 0. The van der Waals surface area contributed by atoms with Crippen LogP contribution in [0.4, 0.5) is 17.1 Å². The number of nitrogens with one attached hydrogen (secondary N) is 2. The molecule has 6 nitrogen and oxygen atoms in total. The molecule has 0 heterocycles. The highest BCUT2D eigenvalue weighted by molar-refractivity contribution is 5.91. The minimum atomic E-state index is -1.10. The number of carbonyl (C=O) groups is 2. The van der Waals surface area contributed by atoms with Gasteiger partial charge in [0.2, 0.25) is 5.91 Å². The zero-order valence-corrected chi connectivity index (χ0v) is 12.5. The first-order valence-electron chi connectivity index (χ1n) is 7.25. The van der Waals surface area contributed by atoms with Gasteiger partial charge in [-0.1, -0.05) is 18.2 Å². The summed E-state index contributed by atoms with van der Waals surface area (Å²) in [6.07, 6.45) is 0.173. The van der Waals surface area contributed by atoms with Crippen LogP contribution in [0.25, 0.3) is 0 Å². The number of carboxylic acid groups (broad SMARTS) is 1. The van der Waals surface area contributed by atoms with Crippen molar-refractivity contribution >= 4 is 28.9 Å². The summed E-state index contributed by atoms with van der Waals surface area (Å²) in [5.41, 5.74) is 7.90. The summed E-state index contributed by atoms with van der Waals surface area (Å²) < 4.78 is 0. The number of rotatable bonds is 7. The Hall–Kier alpha value is -2.86. The third-order valence-corrected chi connectivity index (χ3v) is 3.23. The van der Waals surface area contributed by atoms with E-state index in [0.29, 0.717) is 5.69 Å². The summed E-state index contributed by atoms with van der Waals surface area (Å²) in [5.74, 6) is -1.36. The summed E-state index contributed by atoms with van der Waals surface area (Å²) in [7, 11) is 0. The van der Waals surface area contributed by atoms with E-state index < -0.39 is 12.0 Å². The van der Waals surface area contributed by atoms with Crippen LogP contribution in [0.1, 0.15) is 12.8 Å². The van der Waals surface area contributed by atoms with E-state index >= 15 is 0 Å². The molecule has 0 aliphatic carbocycles. The number of para-hydroxylation sites is 1. The van der Waals surface area contributed by atoms with Gasteiger partial charge in [0, 0.05) is 23.5 Å². The predicted molar refractivity (Wildman–Crippen MR) is 89.6 cm³/mol. The number of nitrogens with two attached hydrogens (primary N) is 1. The zero-order chi connectivity index (χ0) is 16.7. The van der Waals surface area contributed by atoms with Crippen molar-refractivity contribution in [3.63, 3.8) is 0 Å². The van der Waals surface area contributed by atoms with E-state index in [0.717, 1.165) is 11.4 Å². The second kappa shape index (κ2) is 7.95. The van der Waals surface area contributed by atoms with Crippen molar-refractivity contribution in [2.75, 3.05) is 10.6 Å². The lowest BCUT2D eigenvalue weighted by Crippen LogP contribution is -2.31. The molecule has 23 heavy (non-hydrogen) atoms. The highest BCUT2D eigenvalue weighted by atomic mass is 16.4. The minimum absolute atomic E-state index is 0.0669. The smallest absolute Gasteiger partial charge is 0.320 e. The molecule has 120 valence electrons. The molecule has 1 atom stereocenters. The Morgan fingerprint density at radius 3 is 2.13 bits per heavy atom. The van der Waals surface area contributed by atoms with Gasteiger partial charge in [0.25, 0.3) is 0 Å². The Morgan fingerprint density at radius 2 is 1.52 bits per heavy atom. The third-order valence-electron chi connectivity index (χ3n) is 3.23. The molecule has 2 aromatic carbocycles. The molecule has 0 aliphatic heterocycles. The second-order valence-electron chi connectivity index (χ2n) is 5.10. The molecule has 0 saturated carbocycles. The normalized spacial score (nSPS) is 11.5. The van der Waals surface area contributed by atoms with Crippen LogP contribution in [0, 0.1) is 0 Å². The molecule has 0 bridgehead atoms. The first-order chi connectivity index (χ1) is 11.0. The molecular formula is C17H19N3O3. The summed E-state index contributed by atoms with van der Waals surface area (Å²) in [6.45, 7) is 0. The van der Waals surface area contributed by atoms with Crippen molar-refractivity contribution in [3.8, 4) is 0 Å². The molecule has 2 rings (SSSR count). The van der Waals surface area contributed by atoms with Gasteiger partial charge in [0.05, 0.1) is 0 Å². The highest BCUT2D eigenvalue weighted by Gasteiger charge is 2.13. The Labute approximate surface area is 134 Å². The predicted octanol–water partition coefficient (Wildman–Crippen LogP) is 2.56. The van der Waals surface area contributed by atoms with E-state index in [-0.39, 0.29) is 18.7 Å². The van der Waals surface area contributed by atoms with Gasteiger partial charge < -0.3 is 21.5 Å². The van der Waals surface area contributed by atoms with Crippen molar-refractivity contribution in [1.82, 2.24) is 0 Å². The lowest BCUT2D eigenvalue weighted by Gasteiger charge is -2.09. The molecule has 0 fully saturated rings. The van der Waals surface area contributed by atoms with Gasteiger partial charge in [-0.15, -0.1) is 0 Å². The van der Waals surface area contributed by atoms with Crippen LogP contribution in [0.15, 0.2) is 54.6 Å². The number of anilines is 3. The van der Waals surface area contributed by atoms with Crippen LogP contribution >= 0.6 is 0 Å². The van der Waals surface area contributed by atoms with Crippen molar-refractivity contribution < 1.29 is 14.7 Å². The Bertz CT molecular complexity index is 657. The Morgan fingerprint density at radius 1 is 0.957 bits per heavy atom. The van der Waals surface area contributed by atoms with Crippen LogP contribution in [-0.2, 0) is 9.59 Å². The van der Waals surface area contributed by atoms with E-state index in [2.05, 4.69) is 10.6 Å². The fourth-order valence-electron chi connectivity index (χ4n) is 1.96. The quantitative estimate of drug-likeness (QED) is 0.629. The first kappa shape index (κ1) is 16.5. The maximum atomic E-state index is 11.7. The summed E-state index contributed by atoms with van der Waals surface area (Å²) in [6, 6.07) is 16.0. The van der Waals surface area contributed by atoms with E-state index in [1.807, 2.05) is 42.5 Å². The molecule has 0 aliphatic rings. The Balaban J connectivity index is 1.85. The van der Waals surface area contributed by atoms with Crippen LogP contribution in [0.3, 0.4) is 0 Å². The van der Waals surface area contributed by atoms with Crippen LogP contribution in [-0.4, -0.2) is 23.0 Å². The van der Waals surface area contributed by atoms with Crippen LogP contribution in [0.2, 0.25) is 0 Å². The fraction of sp³-hybridized carbons (Fsp3) is 0.176. The summed E-state index contributed by atoms with van der Waals surface area (Å²) in [4.78, 5) is 22.3. The van der Waals surface area contributed by atoms with Gasteiger partial charge in [0.15, 0.2) is 0 Å².